The number of hydrogen-bond donors (Lipinski definition) is 1. The monoisotopic (exact) mass is 238 g/mol. The van der Waals surface area contributed by atoms with E-state index in [1.54, 1.807) is 0 Å². The van der Waals surface area contributed by atoms with Gasteiger partial charge in [0.1, 0.15) is 0 Å². The van der Waals surface area contributed by atoms with Crippen LogP contribution in [0, 0.1) is 18.3 Å². The summed E-state index contributed by atoms with van der Waals surface area (Å²) in [6.07, 6.45) is 1.80. The molecular formula is C15H14N2O. The molecule has 1 aliphatic carbocycles. The number of aryl methyl sites for hydroxylation is 1. The summed E-state index contributed by atoms with van der Waals surface area (Å²) in [5, 5.41) is 9.98. The third-order valence-corrected chi connectivity index (χ3v) is 3.82. The minimum absolute atomic E-state index is 0.180. The van der Waals surface area contributed by atoms with E-state index >= 15 is 0 Å². The molecule has 3 heteroatoms. The van der Waals surface area contributed by atoms with E-state index in [2.05, 4.69) is 17.1 Å². The number of ketones is 1. The van der Waals surface area contributed by atoms with Crippen molar-refractivity contribution in [2.24, 2.45) is 0 Å². The van der Waals surface area contributed by atoms with E-state index in [1.165, 1.54) is 0 Å². The Morgan fingerprint density at radius 1 is 1.50 bits per heavy atom. The molecule has 3 rings (SSSR count). The lowest BCUT2D eigenvalue weighted by molar-refractivity contribution is 0.0980. The number of benzene rings is 1. The number of nitrogens with zero attached hydrogens (tertiary/aromatic N) is 1. The molecule has 1 heterocycles. The Labute approximate surface area is 105 Å². The molecule has 0 radical (unpaired) electrons. The van der Waals surface area contributed by atoms with Crippen LogP contribution in [0.25, 0.3) is 10.9 Å². The molecule has 0 spiro atoms. The largest absolute Gasteiger partial charge is 0.358 e. The second-order valence-corrected chi connectivity index (χ2v) is 4.92. The molecule has 3 nitrogen and oxygen atoms in total. The first-order chi connectivity index (χ1) is 8.72. The zero-order chi connectivity index (χ0) is 12.7. The fourth-order valence-corrected chi connectivity index (χ4v) is 3.00. The molecule has 1 aliphatic rings. The number of nitrogens with one attached hydrogen (secondary N) is 1. The second kappa shape index (κ2) is 3.99. The van der Waals surface area contributed by atoms with Gasteiger partial charge < -0.3 is 4.98 Å². The van der Waals surface area contributed by atoms with Crippen molar-refractivity contribution in [2.45, 2.75) is 32.1 Å². The number of carbonyl (C=O) groups is 1. The second-order valence-electron chi connectivity index (χ2n) is 4.92. The number of nitriles is 1. The molecule has 0 amide bonds. The number of Topliss-reactive ketones (excluding diaryl/α,β-unsaturated/α-hetero) is 1. The Kier molecular flexibility index (Phi) is 2.45. The molecule has 1 atom stereocenters. The van der Waals surface area contributed by atoms with Crippen LogP contribution in [-0.4, -0.2) is 10.8 Å². The topological polar surface area (TPSA) is 56.6 Å². The highest BCUT2D eigenvalue weighted by molar-refractivity contribution is 6.11. The summed E-state index contributed by atoms with van der Waals surface area (Å²) < 4.78 is 0. The van der Waals surface area contributed by atoms with E-state index in [4.69, 9.17) is 5.26 Å². The Hall–Kier alpha value is -2.08. The lowest BCUT2D eigenvalue weighted by Crippen LogP contribution is -2.00. The van der Waals surface area contributed by atoms with Crippen molar-refractivity contribution in [2.75, 3.05) is 0 Å². The SMILES string of the molecule is Cc1[nH]c2cccc3c2c1C(=O)CCC3CC#N. The van der Waals surface area contributed by atoms with Gasteiger partial charge in [-0.1, -0.05) is 12.1 Å². The summed E-state index contributed by atoms with van der Waals surface area (Å²) in [5.41, 5.74) is 3.94. The Morgan fingerprint density at radius 2 is 2.33 bits per heavy atom. The van der Waals surface area contributed by atoms with Crippen molar-refractivity contribution in [1.29, 1.82) is 5.26 Å². The summed E-state index contributed by atoms with van der Waals surface area (Å²) in [7, 11) is 0. The van der Waals surface area contributed by atoms with Gasteiger partial charge in [-0.05, 0) is 30.9 Å². The smallest absolute Gasteiger partial charge is 0.165 e. The Morgan fingerprint density at radius 3 is 3.11 bits per heavy atom. The first-order valence-corrected chi connectivity index (χ1v) is 6.23. The van der Waals surface area contributed by atoms with E-state index < -0.39 is 0 Å². The van der Waals surface area contributed by atoms with E-state index in [0.717, 1.165) is 34.1 Å². The minimum atomic E-state index is 0.180. The van der Waals surface area contributed by atoms with Crippen molar-refractivity contribution >= 4 is 16.7 Å². The number of aromatic nitrogens is 1. The Bertz CT molecular complexity index is 676. The van der Waals surface area contributed by atoms with Gasteiger partial charge in [0.25, 0.3) is 0 Å². The zero-order valence-electron chi connectivity index (χ0n) is 10.3. The van der Waals surface area contributed by atoms with Gasteiger partial charge in [0, 0.05) is 35.0 Å². The van der Waals surface area contributed by atoms with Crippen molar-refractivity contribution in [3.8, 4) is 6.07 Å². The molecule has 1 N–H and O–H groups in total. The molecule has 0 saturated heterocycles. The van der Waals surface area contributed by atoms with Crippen LogP contribution in [0.4, 0.5) is 0 Å². The molecule has 0 saturated carbocycles. The van der Waals surface area contributed by atoms with Crippen LogP contribution in [0.5, 0.6) is 0 Å². The molecule has 1 unspecified atom stereocenters. The summed E-state index contributed by atoms with van der Waals surface area (Å²) in [6.45, 7) is 1.95. The van der Waals surface area contributed by atoms with Gasteiger partial charge in [-0.15, -0.1) is 0 Å². The van der Waals surface area contributed by atoms with Gasteiger partial charge >= 0.3 is 0 Å². The number of carbonyl (C=O) groups excluding carboxylic acids is 1. The Balaban J connectivity index is 2.34. The van der Waals surface area contributed by atoms with Crippen molar-refractivity contribution < 1.29 is 4.79 Å². The van der Waals surface area contributed by atoms with Gasteiger partial charge in [0.15, 0.2) is 5.78 Å². The van der Waals surface area contributed by atoms with Crippen LogP contribution in [0.3, 0.4) is 0 Å². The van der Waals surface area contributed by atoms with Crippen molar-refractivity contribution in [1.82, 2.24) is 4.98 Å². The molecule has 1 aromatic carbocycles. The lowest BCUT2D eigenvalue weighted by atomic mass is 9.91. The summed E-state index contributed by atoms with van der Waals surface area (Å²) in [5.74, 6) is 0.380. The van der Waals surface area contributed by atoms with Gasteiger partial charge in [-0.3, -0.25) is 4.79 Å². The predicted molar refractivity (Wildman–Crippen MR) is 69.6 cm³/mol. The maximum Gasteiger partial charge on any atom is 0.165 e. The fraction of sp³-hybridized carbons (Fsp3) is 0.333. The summed E-state index contributed by atoms with van der Waals surface area (Å²) in [4.78, 5) is 15.5. The molecule has 90 valence electrons. The quantitative estimate of drug-likeness (QED) is 0.827. The highest BCUT2D eigenvalue weighted by Crippen LogP contribution is 2.38. The molecule has 1 aromatic heterocycles. The third-order valence-electron chi connectivity index (χ3n) is 3.82. The highest BCUT2D eigenvalue weighted by Gasteiger charge is 2.26. The fourth-order valence-electron chi connectivity index (χ4n) is 3.00. The van der Waals surface area contributed by atoms with Gasteiger partial charge in [0.2, 0.25) is 0 Å². The van der Waals surface area contributed by atoms with Gasteiger partial charge in [-0.25, -0.2) is 0 Å². The van der Waals surface area contributed by atoms with Crippen LogP contribution in [0.1, 0.15) is 46.8 Å². The first kappa shape index (κ1) is 11.0. The minimum Gasteiger partial charge on any atom is -0.358 e. The number of rotatable bonds is 1. The first-order valence-electron chi connectivity index (χ1n) is 6.23. The molecule has 0 fully saturated rings. The van der Waals surface area contributed by atoms with E-state index in [0.29, 0.717) is 12.8 Å². The molecule has 0 aliphatic heterocycles. The number of hydrogen-bond acceptors (Lipinski definition) is 2. The van der Waals surface area contributed by atoms with Crippen LogP contribution in [-0.2, 0) is 0 Å². The van der Waals surface area contributed by atoms with E-state index in [9.17, 15) is 4.79 Å². The van der Waals surface area contributed by atoms with E-state index in [-0.39, 0.29) is 11.7 Å². The normalized spacial score (nSPS) is 18.7. The summed E-state index contributed by atoms with van der Waals surface area (Å²) >= 11 is 0. The molecule has 0 bridgehead atoms. The maximum absolute atomic E-state index is 12.2. The number of H-pyrrole nitrogens is 1. The summed E-state index contributed by atoms with van der Waals surface area (Å²) in [6, 6.07) is 8.29. The molecule has 2 aromatic rings. The average Bonchev–Trinajstić information content (AvgIpc) is 2.62. The highest BCUT2D eigenvalue weighted by atomic mass is 16.1. The van der Waals surface area contributed by atoms with Crippen molar-refractivity contribution in [3.63, 3.8) is 0 Å². The van der Waals surface area contributed by atoms with E-state index in [1.807, 2.05) is 19.1 Å². The lowest BCUT2D eigenvalue weighted by Gasteiger charge is -2.12. The number of aromatic amines is 1. The van der Waals surface area contributed by atoms with Crippen LogP contribution < -0.4 is 0 Å². The molecular weight excluding hydrogens is 224 g/mol. The zero-order valence-corrected chi connectivity index (χ0v) is 10.3. The van der Waals surface area contributed by atoms with Crippen LogP contribution >= 0.6 is 0 Å². The van der Waals surface area contributed by atoms with Gasteiger partial charge in [-0.2, -0.15) is 5.26 Å². The standard InChI is InChI=1S/C15H14N2O/c1-9-14-13(18)6-5-10(7-8-16)11-3-2-4-12(17-9)15(11)14/h2-4,10,17H,5-7H2,1H3. The van der Waals surface area contributed by atoms with Crippen LogP contribution in [0.2, 0.25) is 0 Å². The van der Waals surface area contributed by atoms with Crippen LogP contribution in [0.15, 0.2) is 18.2 Å². The predicted octanol–water partition coefficient (Wildman–Crippen LogP) is 3.45. The maximum atomic E-state index is 12.2. The average molecular weight is 238 g/mol. The third kappa shape index (κ3) is 1.46. The molecule has 18 heavy (non-hydrogen) atoms. The van der Waals surface area contributed by atoms with Crippen molar-refractivity contribution in [3.05, 3.63) is 35.0 Å². The van der Waals surface area contributed by atoms with Gasteiger partial charge in [0.05, 0.1) is 6.07 Å².